The molecule has 0 aliphatic carbocycles. The number of rotatable bonds is 5. The molecule has 1 heterocycles. The molecule has 0 unspecified atom stereocenters. The smallest absolute Gasteiger partial charge is 0.256 e. The molecular weight excluding hydrogens is 337 g/mol. The molecule has 1 aromatic heterocycles. The summed E-state index contributed by atoms with van der Waals surface area (Å²) in [4.78, 5) is 14.0. The van der Waals surface area contributed by atoms with Crippen molar-refractivity contribution in [3.63, 3.8) is 0 Å². The maximum absolute atomic E-state index is 13.5. The number of benzene rings is 1. The van der Waals surface area contributed by atoms with Crippen LogP contribution in [0.1, 0.15) is 27.4 Å². The van der Waals surface area contributed by atoms with Gasteiger partial charge in [0.15, 0.2) is 0 Å². The number of carbonyl (C=O) groups excluding carboxylic acids is 1. The number of hydrogen-bond acceptors (Lipinski definition) is 5. The Morgan fingerprint density at radius 3 is 2.58 bits per heavy atom. The Balaban J connectivity index is 2.33. The van der Waals surface area contributed by atoms with E-state index in [0.717, 1.165) is 24.0 Å². The van der Waals surface area contributed by atoms with Crippen molar-refractivity contribution in [2.24, 2.45) is 0 Å². The fraction of sp³-hybridized carbons (Fsp3) is 0.333. The lowest BCUT2D eigenvalue weighted by Crippen LogP contribution is -2.28. The predicted octanol–water partition coefficient (Wildman–Crippen LogP) is 2.07. The van der Waals surface area contributed by atoms with E-state index >= 15 is 0 Å². The normalized spacial score (nSPS) is 11.4. The predicted molar refractivity (Wildman–Crippen MR) is 86.6 cm³/mol. The molecule has 0 fully saturated rings. The van der Waals surface area contributed by atoms with Crippen molar-refractivity contribution >= 4 is 21.6 Å². The zero-order valence-electron chi connectivity index (χ0n) is 13.8. The van der Waals surface area contributed by atoms with Gasteiger partial charge in [0.2, 0.25) is 10.0 Å². The van der Waals surface area contributed by atoms with Gasteiger partial charge >= 0.3 is 0 Å². The molecule has 0 spiro atoms. The molecule has 2 aromatic rings. The van der Waals surface area contributed by atoms with Crippen LogP contribution in [0.15, 0.2) is 22.7 Å². The van der Waals surface area contributed by atoms with E-state index in [9.17, 15) is 17.6 Å². The minimum atomic E-state index is -3.60. The van der Waals surface area contributed by atoms with E-state index in [1.807, 2.05) is 0 Å². The van der Waals surface area contributed by atoms with Gasteiger partial charge in [0, 0.05) is 12.6 Å². The zero-order chi connectivity index (χ0) is 18.1. The first kappa shape index (κ1) is 17.9. The molecule has 1 N–H and O–H groups in total. The van der Waals surface area contributed by atoms with Crippen LogP contribution in [0.5, 0.6) is 0 Å². The molecule has 1 amide bonds. The van der Waals surface area contributed by atoms with E-state index in [2.05, 4.69) is 9.88 Å². The van der Waals surface area contributed by atoms with Gasteiger partial charge in [-0.05, 0) is 32.0 Å². The highest BCUT2D eigenvalue weighted by Gasteiger charge is 2.21. The summed E-state index contributed by atoms with van der Waals surface area (Å²) < 4.78 is 43.7. The third kappa shape index (κ3) is 4.10. The maximum Gasteiger partial charge on any atom is 0.256 e. The number of halogens is 1. The summed E-state index contributed by atoms with van der Waals surface area (Å²) in [6, 6.07) is 3.30. The van der Waals surface area contributed by atoms with Gasteiger partial charge in [-0.1, -0.05) is 5.16 Å². The molecule has 0 aliphatic rings. The van der Waals surface area contributed by atoms with Gasteiger partial charge in [0.1, 0.15) is 11.6 Å². The quantitative estimate of drug-likeness (QED) is 0.886. The van der Waals surface area contributed by atoms with Gasteiger partial charge in [0.05, 0.1) is 29.7 Å². The minimum absolute atomic E-state index is 0.0227. The Hall–Kier alpha value is -2.42. The number of nitrogens with zero attached hydrogens (tertiary/aromatic N) is 2. The van der Waals surface area contributed by atoms with Crippen molar-refractivity contribution in [2.45, 2.75) is 20.4 Å². The molecule has 9 heteroatoms. The zero-order valence-corrected chi connectivity index (χ0v) is 14.6. The lowest BCUT2D eigenvalue weighted by Gasteiger charge is -2.19. The van der Waals surface area contributed by atoms with Crippen molar-refractivity contribution in [3.05, 3.63) is 46.6 Å². The highest BCUT2D eigenvalue weighted by atomic mass is 32.2. The molecular formula is C15H18FN3O4S. The van der Waals surface area contributed by atoms with Gasteiger partial charge < -0.3 is 9.42 Å². The van der Waals surface area contributed by atoms with Crippen molar-refractivity contribution < 1.29 is 22.1 Å². The largest absolute Gasteiger partial charge is 0.361 e. The van der Waals surface area contributed by atoms with Crippen LogP contribution in [0, 0.1) is 19.7 Å². The highest BCUT2D eigenvalue weighted by Crippen LogP contribution is 2.22. The van der Waals surface area contributed by atoms with E-state index in [1.54, 1.807) is 13.8 Å². The standard InChI is InChI=1S/C15H18FN3O4S/c1-9-13(10(2)23-17-9)8-19(3)15(20)12-7-11(16)5-6-14(12)18-24(4,21)22/h5-7,18H,8H2,1-4H3. The topological polar surface area (TPSA) is 92.5 Å². The van der Waals surface area contributed by atoms with E-state index < -0.39 is 21.7 Å². The summed E-state index contributed by atoms with van der Waals surface area (Å²) in [5.74, 6) is -0.579. The molecule has 0 atom stereocenters. The Kier molecular flexibility index (Phi) is 4.93. The molecule has 1 aromatic carbocycles. The Morgan fingerprint density at radius 1 is 1.38 bits per heavy atom. The second-order valence-corrected chi connectivity index (χ2v) is 7.28. The number of amides is 1. The summed E-state index contributed by atoms with van der Waals surface area (Å²) in [5, 5.41) is 3.82. The van der Waals surface area contributed by atoms with Crippen LogP contribution in [0.25, 0.3) is 0 Å². The summed E-state index contributed by atoms with van der Waals surface area (Å²) in [6.45, 7) is 3.68. The summed E-state index contributed by atoms with van der Waals surface area (Å²) >= 11 is 0. The molecule has 0 saturated heterocycles. The van der Waals surface area contributed by atoms with Crippen molar-refractivity contribution in [1.82, 2.24) is 10.1 Å². The molecule has 130 valence electrons. The van der Waals surface area contributed by atoms with Crippen LogP contribution < -0.4 is 4.72 Å². The van der Waals surface area contributed by atoms with Crippen molar-refractivity contribution in [3.8, 4) is 0 Å². The van der Waals surface area contributed by atoms with Gasteiger partial charge in [-0.2, -0.15) is 0 Å². The first-order valence-corrected chi connectivity index (χ1v) is 8.92. The Labute approximate surface area is 139 Å². The molecule has 24 heavy (non-hydrogen) atoms. The molecule has 0 radical (unpaired) electrons. The summed E-state index contributed by atoms with van der Waals surface area (Å²) in [6.07, 6.45) is 0.957. The van der Waals surface area contributed by atoms with Crippen LogP contribution in [0.4, 0.5) is 10.1 Å². The number of nitrogens with one attached hydrogen (secondary N) is 1. The molecule has 7 nitrogen and oxygen atoms in total. The number of anilines is 1. The van der Waals surface area contributed by atoms with Gasteiger partial charge in [-0.25, -0.2) is 12.8 Å². The first-order chi connectivity index (χ1) is 11.1. The average Bonchev–Trinajstić information content (AvgIpc) is 2.78. The first-order valence-electron chi connectivity index (χ1n) is 7.03. The van der Waals surface area contributed by atoms with Gasteiger partial charge in [-0.3, -0.25) is 9.52 Å². The lowest BCUT2D eigenvalue weighted by molar-refractivity contribution is 0.0785. The van der Waals surface area contributed by atoms with Crippen LogP contribution in [0.2, 0.25) is 0 Å². The van der Waals surface area contributed by atoms with Crippen molar-refractivity contribution in [2.75, 3.05) is 18.0 Å². The van der Waals surface area contributed by atoms with E-state index in [4.69, 9.17) is 4.52 Å². The van der Waals surface area contributed by atoms with Crippen LogP contribution >= 0.6 is 0 Å². The summed E-state index contributed by atoms with van der Waals surface area (Å²) in [7, 11) is -2.07. The Morgan fingerprint density at radius 2 is 2.04 bits per heavy atom. The van der Waals surface area contributed by atoms with E-state index in [1.165, 1.54) is 18.0 Å². The third-order valence-corrected chi connectivity index (χ3v) is 4.02. The number of aryl methyl sites for hydroxylation is 2. The SMILES string of the molecule is Cc1noc(C)c1CN(C)C(=O)c1cc(F)ccc1NS(C)(=O)=O. The second kappa shape index (κ2) is 6.60. The fourth-order valence-corrected chi connectivity index (χ4v) is 2.80. The summed E-state index contributed by atoms with van der Waals surface area (Å²) in [5.41, 5.74) is 1.35. The monoisotopic (exact) mass is 355 g/mol. The van der Waals surface area contributed by atoms with Gasteiger partial charge in [-0.15, -0.1) is 0 Å². The lowest BCUT2D eigenvalue weighted by atomic mass is 10.1. The van der Waals surface area contributed by atoms with Crippen LogP contribution in [-0.2, 0) is 16.6 Å². The van der Waals surface area contributed by atoms with Crippen LogP contribution in [0.3, 0.4) is 0 Å². The van der Waals surface area contributed by atoms with Crippen LogP contribution in [-0.4, -0.2) is 37.7 Å². The third-order valence-electron chi connectivity index (χ3n) is 3.43. The molecule has 0 saturated carbocycles. The average molecular weight is 355 g/mol. The highest BCUT2D eigenvalue weighted by molar-refractivity contribution is 7.92. The Bertz CT molecular complexity index is 857. The maximum atomic E-state index is 13.5. The molecule has 0 bridgehead atoms. The second-order valence-electron chi connectivity index (χ2n) is 5.53. The number of aromatic nitrogens is 1. The van der Waals surface area contributed by atoms with E-state index in [-0.39, 0.29) is 17.8 Å². The molecule has 0 aliphatic heterocycles. The number of hydrogen-bond donors (Lipinski definition) is 1. The minimum Gasteiger partial charge on any atom is -0.361 e. The number of carbonyl (C=O) groups is 1. The van der Waals surface area contributed by atoms with Crippen molar-refractivity contribution in [1.29, 1.82) is 0 Å². The number of sulfonamides is 1. The fourth-order valence-electron chi connectivity index (χ4n) is 2.22. The molecule has 2 rings (SSSR count). The van der Waals surface area contributed by atoms with E-state index in [0.29, 0.717) is 11.5 Å². The van der Waals surface area contributed by atoms with Gasteiger partial charge in [0.25, 0.3) is 5.91 Å².